The summed E-state index contributed by atoms with van der Waals surface area (Å²) in [5.41, 5.74) is 0.766. The van der Waals surface area contributed by atoms with Crippen LogP contribution < -0.4 is 5.32 Å². The molecule has 0 aliphatic heterocycles. The van der Waals surface area contributed by atoms with Gasteiger partial charge in [-0.2, -0.15) is 0 Å². The highest BCUT2D eigenvalue weighted by Gasteiger charge is 2.18. The Bertz CT molecular complexity index is 437. The van der Waals surface area contributed by atoms with E-state index in [2.05, 4.69) is 16.2 Å². The van der Waals surface area contributed by atoms with E-state index < -0.39 is 12.0 Å². The third-order valence-electron chi connectivity index (χ3n) is 2.07. The van der Waals surface area contributed by atoms with Gasteiger partial charge in [0.15, 0.2) is 0 Å². The molecule has 5 heteroatoms. The van der Waals surface area contributed by atoms with Crippen molar-refractivity contribution in [3.63, 3.8) is 0 Å². The third-order valence-corrected chi connectivity index (χ3v) is 2.07. The molecule has 1 aromatic rings. The van der Waals surface area contributed by atoms with Crippen LogP contribution in [0.15, 0.2) is 24.5 Å². The van der Waals surface area contributed by atoms with Crippen LogP contribution in [0.25, 0.3) is 0 Å². The Labute approximate surface area is 98.9 Å². The number of carbonyl (C=O) groups excluding carboxylic acids is 1. The predicted molar refractivity (Wildman–Crippen MR) is 61.0 cm³/mol. The second kappa shape index (κ2) is 6.28. The second-order valence-electron chi connectivity index (χ2n) is 3.40. The fourth-order valence-electron chi connectivity index (χ4n) is 1.25. The van der Waals surface area contributed by atoms with Gasteiger partial charge in [-0.25, -0.2) is 4.79 Å². The van der Waals surface area contributed by atoms with Crippen LogP contribution in [0, 0.1) is 12.3 Å². The number of nitrogens with one attached hydrogen (secondary N) is 1. The van der Waals surface area contributed by atoms with Crippen LogP contribution in [0.4, 0.5) is 0 Å². The molecule has 0 radical (unpaired) electrons. The lowest BCUT2D eigenvalue weighted by atomic mass is 10.1. The van der Waals surface area contributed by atoms with Gasteiger partial charge in [-0.1, -0.05) is 0 Å². The lowest BCUT2D eigenvalue weighted by Crippen LogP contribution is -2.41. The highest BCUT2D eigenvalue weighted by atomic mass is 16.4. The fraction of sp³-hybridized carbons (Fsp3) is 0.250. The van der Waals surface area contributed by atoms with E-state index in [4.69, 9.17) is 11.5 Å². The van der Waals surface area contributed by atoms with Crippen LogP contribution in [0.1, 0.15) is 12.0 Å². The molecule has 0 aliphatic carbocycles. The Morgan fingerprint density at radius 3 is 2.65 bits per heavy atom. The molecular weight excluding hydrogens is 220 g/mol. The molecule has 1 aromatic heterocycles. The number of aromatic nitrogens is 1. The summed E-state index contributed by atoms with van der Waals surface area (Å²) in [6, 6.07) is 2.35. The summed E-state index contributed by atoms with van der Waals surface area (Å²) in [4.78, 5) is 26.1. The van der Waals surface area contributed by atoms with E-state index in [9.17, 15) is 9.59 Å². The maximum atomic E-state index is 11.5. The van der Waals surface area contributed by atoms with Crippen molar-refractivity contribution in [1.29, 1.82) is 0 Å². The maximum Gasteiger partial charge on any atom is 0.327 e. The highest BCUT2D eigenvalue weighted by molar-refractivity contribution is 5.85. The first-order chi connectivity index (χ1) is 8.13. The Hall–Kier alpha value is -2.35. The van der Waals surface area contributed by atoms with Gasteiger partial charge in [-0.05, 0) is 17.7 Å². The molecule has 0 saturated carbocycles. The number of terminal acetylenes is 1. The van der Waals surface area contributed by atoms with Crippen LogP contribution >= 0.6 is 0 Å². The molecule has 0 aromatic carbocycles. The van der Waals surface area contributed by atoms with Crippen LogP contribution in [-0.2, 0) is 16.0 Å². The maximum absolute atomic E-state index is 11.5. The van der Waals surface area contributed by atoms with E-state index in [1.807, 2.05) is 0 Å². The first-order valence-electron chi connectivity index (χ1n) is 4.98. The zero-order chi connectivity index (χ0) is 12.7. The molecule has 88 valence electrons. The molecule has 0 saturated heterocycles. The summed E-state index contributed by atoms with van der Waals surface area (Å²) in [6.07, 6.45) is 8.24. The lowest BCUT2D eigenvalue weighted by molar-refractivity contribution is -0.141. The van der Waals surface area contributed by atoms with Gasteiger partial charge in [0, 0.05) is 18.8 Å². The molecule has 0 aliphatic rings. The first-order valence-corrected chi connectivity index (χ1v) is 4.98. The SMILES string of the molecule is C#CCC(NC(=O)Cc1ccncc1)C(=O)O. The Morgan fingerprint density at radius 2 is 2.12 bits per heavy atom. The fourth-order valence-corrected chi connectivity index (χ4v) is 1.25. The normalized spacial score (nSPS) is 11.2. The van der Waals surface area contributed by atoms with Crippen molar-refractivity contribution in [2.24, 2.45) is 0 Å². The molecule has 1 unspecified atom stereocenters. The van der Waals surface area contributed by atoms with Gasteiger partial charge in [-0.3, -0.25) is 9.78 Å². The number of carbonyl (C=O) groups is 2. The Balaban J connectivity index is 2.54. The van der Waals surface area contributed by atoms with Crippen LogP contribution in [-0.4, -0.2) is 28.0 Å². The average Bonchev–Trinajstić information content (AvgIpc) is 2.29. The van der Waals surface area contributed by atoms with Crippen LogP contribution in [0.5, 0.6) is 0 Å². The van der Waals surface area contributed by atoms with E-state index in [-0.39, 0.29) is 18.7 Å². The molecule has 0 bridgehead atoms. The van der Waals surface area contributed by atoms with Crippen LogP contribution in [0.3, 0.4) is 0 Å². The minimum absolute atomic E-state index is 0.0303. The summed E-state index contributed by atoms with van der Waals surface area (Å²) in [6.45, 7) is 0. The molecule has 1 rings (SSSR count). The molecule has 17 heavy (non-hydrogen) atoms. The molecule has 1 amide bonds. The van der Waals surface area contributed by atoms with Gasteiger partial charge in [-0.15, -0.1) is 12.3 Å². The van der Waals surface area contributed by atoms with E-state index in [1.165, 1.54) is 0 Å². The number of nitrogens with zero attached hydrogens (tertiary/aromatic N) is 1. The third kappa shape index (κ3) is 4.34. The minimum atomic E-state index is -1.13. The van der Waals surface area contributed by atoms with Crippen LogP contribution in [0.2, 0.25) is 0 Å². The van der Waals surface area contributed by atoms with E-state index in [0.717, 1.165) is 5.56 Å². The zero-order valence-electron chi connectivity index (χ0n) is 9.09. The molecule has 1 atom stereocenters. The van der Waals surface area contributed by atoms with Gasteiger partial charge in [0.1, 0.15) is 6.04 Å². The Kier molecular flexibility index (Phi) is 4.70. The number of pyridine rings is 1. The van der Waals surface area contributed by atoms with Crippen molar-refractivity contribution in [1.82, 2.24) is 10.3 Å². The largest absolute Gasteiger partial charge is 0.480 e. The number of amides is 1. The molecule has 1 heterocycles. The molecule has 0 spiro atoms. The summed E-state index contributed by atoms with van der Waals surface area (Å²) in [5, 5.41) is 11.2. The summed E-state index contributed by atoms with van der Waals surface area (Å²) >= 11 is 0. The van der Waals surface area contributed by atoms with Crippen molar-refractivity contribution in [3.05, 3.63) is 30.1 Å². The van der Waals surface area contributed by atoms with E-state index in [1.54, 1.807) is 24.5 Å². The van der Waals surface area contributed by atoms with Gasteiger partial charge in [0.2, 0.25) is 5.91 Å². The van der Waals surface area contributed by atoms with Crippen molar-refractivity contribution >= 4 is 11.9 Å². The van der Waals surface area contributed by atoms with Gasteiger partial charge in [0.25, 0.3) is 0 Å². The standard InChI is InChI=1S/C12H12N2O3/c1-2-3-10(12(16)17)14-11(15)8-9-4-6-13-7-5-9/h1,4-7,10H,3,8H2,(H,14,15)(H,16,17). The van der Waals surface area contributed by atoms with Gasteiger partial charge in [0.05, 0.1) is 6.42 Å². The predicted octanol–water partition coefficient (Wildman–Crippen LogP) is 0.217. The minimum Gasteiger partial charge on any atom is -0.480 e. The molecule has 5 nitrogen and oxygen atoms in total. The van der Waals surface area contributed by atoms with Crippen molar-refractivity contribution in [2.45, 2.75) is 18.9 Å². The van der Waals surface area contributed by atoms with Crippen molar-refractivity contribution in [2.75, 3.05) is 0 Å². The number of rotatable bonds is 5. The quantitative estimate of drug-likeness (QED) is 0.711. The summed E-state index contributed by atoms with van der Waals surface area (Å²) in [7, 11) is 0. The lowest BCUT2D eigenvalue weighted by Gasteiger charge is -2.11. The van der Waals surface area contributed by atoms with Crippen molar-refractivity contribution < 1.29 is 14.7 Å². The van der Waals surface area contributed by atoms with Gasteiger partial charge < -0.3 is 10.4 Å². The highest BCUT2D eigenvalue weighted by Crippen LogP contribution is 1.99. The van der Waals surface area contributed by atoms with Gasteiger partial charge >= 0.3 is 5.97 Å². The van der Waals surface area contributed by atoms with E-state index in [0.29, 0.717) is 0 Å². The first kappa shape index (κ1) is 12.7. The number of aliphatic carboxylic acids is 1. The smallest absolute Gasteiger partial charge is 0.327 e. The number of hydrogen-bond acceptors (Lipinski definition) is 3. The van der Waals surface area contributed by atoms with Crippen molar-refractivity contribution in [3.8, 4) is 12.3 Å². The summed E-state index contributed by atoms with van der Waals surface area (Å²) < 4.78 is 0. The zero-order valence-corrected chi connectivity index (χ0v) is 9.09. The molecule has 2 N–H and O–H groups in total. The second-order valence-corrected chi connectivity index (χ2v) is 3.40. The molecular formula is C12H12N2O3. The Morgan fingerprint density at radius 1 is 1.47 bits per heavy atom. The number of hydrogen-bond donors (Lipinski definition) is 2. The average molecular weight is 232 g/mol. The topological polar surface area (TPSA) is 79.3 Å². The molecule has 0 fully saturated rings. The van der Waals surface area contributed by atoms with E-state index >= 15 is 0 Å². The number of carboxylic acid groups (broad SMARTS) is 1. The monoisotopic (exact) mass is 232 g/mol. The summed E-state index contributed by atoms with van der Waals surface area (Å²) in [5.74, 6) is 0.703. The number of carboxylic acids is 1.